The lowest BCUT2D eigenvalue weighted by Gasteiger charge is -2.38. The fraction of sp³-hybridized carbons (Fsp3) is 0.625. The van der Waals surface area contributed by atoms with Crippen LogP contribution >= 0.6 is 0 Å². The van der Waals surface area contributed by atoms with Crippen molar-refractivity contribution in [1.82, 2.24) is 4.90 Å². The van der Waals surface area contributed by atoms with Gasteiger partial charge in [-0.2, -0.15) is 0 Å². The minimum atomic E-state index is 0.178. The van der Waals surface area contributed by atoms with Crippen molar-refractivity contribution in [2.75, 3.05) is 6.54 Å². The lowest BCUT2D eigenvalue weighted by molar-refractivity contribution is 0.117. The molecule has 0 bridgehead atoms. The Bertz CT molecular complexity index is 431. The van der Waals surface area contributed by atoms with Crippen molar-refractivity contribution in [2.24, 2.45) is 5.73 Å². The van der Waals surface area contributed by atoms with Gasteiger partial charge in [-0.1, -0.05) is 18.2 Å². The molecule has 1 aliphatic heterocycles. The number of nitrogens with zero attached hydrogens (tertiary/aromatic N) is 1. The van der Waals surface area contributed by atoms with Crippen LogP contribution in [-0.4, -0.2) is 23.0 Å². The van der Waals surface area contributed by atoms with Crippen LogP contribution in [0.15, 0.2) is 18.2 Å². The molecule has 0 aliphatic carbocycles. The topological polar surface area (TPSA) is 29.3 Å². The molecule has 1 saturated heterocycles. The van der Waals surface area contributed by atoms with E-state index in [0.717, 1.165) is 13.0 Å². The number of hydrogen-bond donors (Lipinski definition) is 1. The Hall–Kier alpha value is -0.860. The molecule has 2 nitrogen and oxygen atoms in total. The smallest absolute Gasteiger partial charge is 0.0504 e. The van der Waals surface area contributed by atoms with Crippen LogP contribution in [0.3, 0.4) is 0 Å². The van der Waals surface area contributed by atoms with Gasteiger partial charge in [-0.15, -0.1) is 0 Å². The van der Waals surface area contributed by atoms with Crippen LogP contribution in [0.2, 0.25) is 0 Å². The molecule has 2 unspecified atom stereocenters. The van der Waals surface area contributed by atoms with Gasteiger partial charge in [-0.25, -0.2) is 0 Å². The average Bonchev–Trinajstić information content (AvgIpc) is 2.64. The van der Waals surface area contributed by atoms with E-state index in [1.807, 2.05) is 0 Å². The third-order valence-corrected chi connectivity index (χ3v) is 4.18. The molecular weight excluding hydrogens is 220 g/mol. The fourth-order valence-corrected chi connectivity index (χ4v) is 2.94. The maximum atomic E-state index is 6.34. The molecule has 0 radical (unpaired) electrons. The van der Waals surface area contributed by atoms with Gasteiger partial charge in [0.25, 0.3) is 0 Å². The summed E-state index contributed by atoms with van der Waals surface area (Å²) in [6, 6.07) is 7.40. The van der Waals surface area contributed by atoms with Crippen LogP contribution in [0, 0.1) is 13.8 Å². The molecule has 100 valence electrons. The van der Waals surface area contributed by atoms with Gasteiger partial charge in [0.1, 0.15) is 0 Å². The SMILES string of the molecule is Cc1ccc(C2C(N)CCN2C(C)(C)C)cc1C. The van der Waals surface area contributed by atoms with E-state index in [0.29, 0.717) is 6.04 Å². The Morgan fingerprint density at radius 1 is 1.17 bits per heavy atom. The van der Waals surface area contributed by atoms with Gasteiger partial charge >= 0.3 is 0 Å². The van der Waals surface area contributed by atoms with Crippen molar-refractivity contribution in [3.05, 3.63) is 34.9 Å². The first-order valence-electron chi connectivity index (χ1n) is 6.90. The zero-order valence-electron chi connectivity index (χ0n) is 12.3. The summed E-state index contributed by atoms with van der Waals surface area (Å²) in [6.45, 7) is 12.3. The Labute approximate surface area is 111 Å². The van der Waals surface area contributed by atoms with Crippen LogP contribution in [-0.2, 0) is 0 Å². The molecule has 2 rings (SSSR count). The largest absolute Gasteiger partial charge is 0.326 e. The Morgan fingerprint density at radius 2 is 1.83 bits per heavy atom. The molecule has 1 aliphatic rings. The second kappa shape index (κ2) is 4.67. The Kier molecular flexibility index (Phi) is 3.52. The molecule has 0 amide bonds. The van der Waals surface area contributed by atoms with Gasteiger partial charge in [0.05, 0.1) is 6.04 Å². The highest BCUT2D eigenvalue weighted by atomic mass is 15.3. The first-order valence-corrected chi connectivity index (χ1v) is 6.90. The van der Waals surface area contributed by atoms with Crippen molar-refractivity contribution < 1.29 is 0 Å². The van der Waals surface area contributed by atoms with Gasteiger partial charge < -0.3 is 5.73 Å². The first kappa shape index (κ1) is 13.6. The third-order valence-electron chi connectivity index (χ3n) is 4.18. The molecule has 1 fully saturated rings. The predicted octanol–water partition coefficient (Wildman–Crippen LogP) is 3.18. The zero-order valence-corrected chi connectivity index (χ0v) is 12.3. The van der Waals surface area contributed by atoms with Crippen LogP contribution < -0.4 is 5.73 Å². The highest BCUT2D eigenvalue weighted by molar-refractivity contribution is 5.33. The van der Waals surface area contributed by atoms with Crippen molar-refractivity contribution in [3.63, 3.8) is 0 Å². The summed E-state index contributed by atoms with van der Waals surface area (Å²) >= 11 is 0. The molecular formula is C16H26N2. The molecule has 2 heteroatoms. The first-order chi connectivity index (χ1) is 8.30. The van der Waals surface area contributed by atoms with E-state index in [9.17, 15) is 0 Å². The van der Waals surface area contributed by atoms with E-state index in [1.165, 1.54) is 16.7 Å². The summed E-state index contributed by atoms with van der Waals surface area (Å²) < 4.78 is 0. The average molecular weight is 246 g/mol. The second-order valence-electron chi connectivity index (χ2n) is 6.61. The van der Waals surface area contributed by atoms with Gasteiger partial charge in [0.15, 0.2) is 0 Å². The van der Waals surface area contributed by atoms with Crippen molar-refractivity contribution in [2.45, 2.75) is 58.7 Å². The summed E-state index contributed by atoms with van der Waals surface area (Å²) in [6.07, 6.45) is 1.09. The van der Waals surface area contributed by atoms with E-state index < -0.39 is 0 Å². The number of aryl methyl sites for hydroxylation is 2. The second-order valence-corrected chi connectivity index (χ2v) is 6.61. The minimum Gasteiger partial charge on any atom is -0.326 e. The number of rotatable bonds is 1. The summed E-state index contributed by atoms with van der Waals surface area (Å²) in [4.78, 5) is 2.54. The molecule has 0 aromatic heterocycles. The fourth-order valence-electron chi connectivity index (χ4n) is 2.94. The maximum absolute atomic E-state index is 6.34. The number of hydrogen-bond acceptors (Lipinski definition) is 2. The lowest BCUT2D eigenvalue weighted by Crippen LogP contribution is -2.43. The molecule has 18 heavy (non-hydrogen) atoms. The molecule has 1 heterocycles. The summed E-state index contributed by atoms with van der Waals surface area (Å²) in [5, 5.41) is 0. The van der Waals surface area contributed by atoms with E-state index >= 15 is 0 Å². The maximum Gasteiger partial charge on any atom is 0.0504 e. The van der Waals surface area contributed by atoms with Crippen molar-refractivity contribution in [3.8, 4) is 0 Å². The predicted molar refractivity (Wildman–Crippen MR) is 77.7 cm³/mol. The van der Waals surface area contributed by atoms with E-state index in [1.54, 1.807) is 0 Å². The number of nitrogens with two attached hydrogens (primary N) is 1. The van der Waals surface area contributed by atoms with Crippen molar-refractivity contribution >= 4 is 0 Å². The van der Waals surface area contributed by atoms with Gasteiger partial charge in [0.2, 0.25) is 0 Å². The van der Waals surface area contributed by atoms with Gasteiger partial charge in [-0.05, 0) is 57.7 Å². The molecule has 0 spiro atoms. The van der Waals surface area contributed by atoms with E-state index in [-0.39, 0.29) is 11.6 Å². The van der Waals surface area contributed by atoms with Crippen molar-refractivity contribution in [1.29, 1.82) is 0 Å². The zero-order chi connectivity index (χ0) is 13.5. The van der Waals surface area contributed by atoms with Gasteiger partial charge in [0, 0.05) is 18.1 Å². The third kappa shape index (κ3) is 2.45. The van der Waals surface area contributed by atoms with E-state index in [4.69, 9.17) is 5.73 Å². The molecule has 0 saturated carbocycles. The number of likely N-dealkylation sites (tertiary alicyclic amines) is 1. The van der Waals surface area contributed by atoms with Gasteiger partial charge in [-0.3, -0.25) is 4.90 Å². The monoisotopic (exact) mass is 246 g/mol. The summed E-state index contributed by atoms with van der Waals surface area (Å²) in [5.74, 6) is 0. The summed E-state index contributed by atoms with van der Waals surface area (Å²) in [5.41, 5.74) is 10.6. The van der Waals surface area contributed by atoms with E-state index in [2.05, 4.69) is 57.7 Å². The Balaban J connectivity index is 2.37. The highest BCUT2D eigenvalue weighted by Gasteiger charge is 2.38. The summed E-state index contributed by atoms with van der Waals surface area (Å²) in [7, 11) is 0. The molecule has 1 aromatic rings. The Morgan fingerprint density at radius 3 is 2.39 bits per heavy atom. The van der Waals surface area contributed by atoms with Crippen LogP contribution in [0.25, 0.3) is 0 Å². The minimum absolute atomic E-state index is 0.178. The normalized spacial score (nSPS) is 25.7. The van der Waals surface area contributed by atoms with Crippen LogP contribution in [0.4, 0.5) is 0 Å². The molecule has 1 aromatic carbocycles. The quantitative estimate of drug-likeness (QED) is 0.824. The molecule has 2 N–H and O–H groups in total. The number of benzene rings is 1. The van der Waals surface area contributed by atoms with Crippen LogP contribution in [0.5, 0.6) is 0 Å². The van der Waals surface area contributed by atoms with Crippen LogP contribution in [0.1, 0.15) is 49.9 Å². The molecule has 2 atom stereocenters. The standard InChI is InChI=1S/C16H26N2/c1-11-6-7-13(10-12(11)2)15-14(17)8-9-18(15)16(3,4)5/h6-7,10,14-15H,8-9,17H2,1-5H3. The lowest BCUT2D eigenvalue weighted by atomic mass is 9.94. The highest BCUT2D eigenvalue weighted by Crippen LogP contribution is 2.37.